The lowest BCUT2D eigenvalue weighted by molar-refractivity contribution is -0.120. The summed E-state index contributed by atoms with van der Waals surface area (Å²) in [7, 11) is 3.94. The van der Waals surface area contributed by atoms with Crippen molar-refractivity contribution < 1.29 is 4.79 Å². The van der Waals surface area contributed by atoms with Crippen molar-refractivity contribution in [2.75, 3.05) is 27.2 Å². The summed E-state index contributed by atoms with van der Waals surface area (Å²) in [6.07, 6.45) is 0. The van der Waals surface area contributed by atoms with Crippen molar-refractivity contribution in [1.82, 2.24) is 10.2 Å². The van der Waals surface area contributed by atoms with Crippen LogP contribution in [0, 0.1) is 0 Å². The van der Waals surface area contributed by atoms with Crippen molar-refractivity contribution >= 4 is 33.4 Å². The molecule has 100 valence electrons. The van der Waals surface area contributed by atoms with Gasteiger partial charge in [0.1, 0.15) is 6.04 Å². The third-order valence-corrected chi connectivity index (χ3v) is 3.39. The Hall–Kier alpha value is -0.620. The summed E-state index contributed by atoms with van der Waals surface area (Å²) in [5, 5.41) is 3.75. The molecule has 1 aromatic rings. The molecule has 0 bridgehead atoms. The molecule has 0 spiro atoms. The zero-order valence-corrected chi connectivity index (χ0v) is 12.8. The normalized spacial score (nSPS) is 12.7. The van der Waals surface area contributed by atoms with Gasteiger partial charge < -0.3 is 16.0 Å². The largest absolute Gasteiger partial charge is 0.368 e. The molecule has 1 amide bonds. The Morgan fingerprint density at radius 1 is 1.56 bits per heavy atom. The molecule has 6 heteroatoms. The van der Waals surface area contributed by atoms with Crippen LogP contribution in [-0.2, 0) is 4.79 Å². The Balaban J connectivity index is 2.81. The summed E-state index contributed by atoms with van der Waals surface area (Å²) in [6.45, 7) is 1.50. The monoisotopic (exact) mass is 333 g/mol. The van der Waals surface area contributed by atoms with E-state index in [-0.39, 0.29) is 0 Å². The molecule has 0 aliphatic heterocycles. The fourth-order valence-corrected chi connectivity index (χ4v) is 2.44. The molecular weight excluding hydrogens is 318 g/mol. The molecule has 1 rings (SSSR count). The lowest BCUT2D eigenvalue weighted by Crippen LogP contribution is -2.37. The molecule has 0 saturated carbocycles. The molecule has 0 aliphatic carbocycles. The summed E-state index contributed by atoms with van der Waals surface area (Å²) in [6, 6.07) is 4.77. The highest BCUT2D eigenvalue weighted by atomic mass is 79.9. The number of nitrogens with two attached hydrogens (primary N) is 1. The lowest BCUT2D eigenvalue weighted by Gasteiger charge is -2.19. The number of carbonyl (C=O) groups excluding carboxylic acids is 1. The number of hydrogen-bond donors (Lipinski definition) is 2. The van der Waals surface area contributed by atoms with Crippen LogP contribution in [0.2, 0.25) is 5.02 Å². The van der Waals surface area contributed by atoms with Crippen molar-refractivity contribution in [3.8, 4) is 0 Å². The molecule has 4 nitrogen and oxygen atoms in total. The summed E-state index contributed by atoms with van der Waals surface area (Å²) in [4.78, 5) is 13.5. The zero-order valence-electron chi connectivity index (χ0n) is 10.4. The SMILES string of the molecule is CN(C)CCNC(C(N)=O)c1ccc(Cl)cc1Br. The number of halogens is 2. The van der Waals surface area contributed by atoms with Crippen molar-refractivity contribution in [2.45, 2.75) is 6.04 Å². The maximum Gasteiger partial charge on any atom is 0.239 e. The van der Waals surface area contributed by atoms with Crippen LogP contribution in [-0.4, -0.2) is 38.0 Å². The molecule has 1 aromatic carbocycles. The minimum absolute atomic E-state index is 0.406. The number of hydrogen-bond acceptors (Lipinski definition) is 3. The van der Waals surface area contributed by atoms with Crippen LogP contribution in [0.1, 0.15) is 11.6 Å². The third kappa shape index (κ3) is 4.57. The fraction of sp³-hybridized carbons (Fsp3) is 0.417. The molecule has 3 N–H and O–H groups in total. The molecular formula is C12H17BrClN3O. The average molecular weight is 335 g/mol. The number of amides is 1. The van der Waals surface area contributed by atoms with Gasteiger partial charge in [0, 0.05) is 22.6 Å². The van der Waals surface area contributed by atoms with Crippen molar-refractivity contribution in [1.29, 1.82) is 0 Å². The van der Waals surface area contributed by atoms with E-state index >= 15 is 0 Å². The minimum atomic E-state index is -0.517. The van der Waals surface area contributed by atoms with E-state index in [1.165, 1.54) is 0 Å². The van der Waals surface area contributed by atoms with Gasteiger partial charge in [0.15, 0.2) is 0 Å². The third-order valence-electron chi connectivity index (χ3n) is 2.47. The fourth-order valence-electron chi connectivity index (χ4n) is 1.53. The summed E-state index contributed by atoms with van der Waals surface area (Å²) in [5.41, 5.74) is 6.22. The first kappa shape index (κ1) is 15.4. The average Bonchev–Trinajstić information content (AvgIpc) is 2.25. The van der Waals surface area contributed by atoms with Gasteiger partial charge in [-0.3, -0.25) is 4.79 Å². The smallest absolute Gasteiger partial charge is 0.239 e. The second kappa shape index (κ2) is 7.09. The first-order valence-electron chi connectivity index (χ1n) is 5.54. The van der Waals surface area contributed by atoms with E-state index in [4.69, 9.17) is 17.3 Å². The van der Waals surface area contributed by atoms with Gasteiger partial charge in [0.25, 0.3) is 0 Å². The highest BCUT2D eigenvalue weighted by molar-refractivity contribution is 9.10. The lowest BCUT2D eigenvalue weighted by atomic mass is 10.1. The van der Waals surface area contributed by atoms with E-state index in [1.54, 1.807) is 18.2 Å². The maximum absolute atomic E-state index is 11.5. The predicted molar refractivity (Wildman–Crippen MR) is 77.6 cm³/mol. The van der Waals surface area contributed by atoms with E-state index in [2.05, 4.69) is 21.2 Å². The quantitative estimate of drug-likeness (QED) is 0.834. The number of rotatable bonds is 6. The number of nitrogens with zero attached hydrogens (tertiary/aromatic N) is 1. The molecule has 0 fully saturated rings. The van der Waals surface area contributed by atoms with Gasteiger partial charge >= 0.3 is 0 Å². The molecule has 0 radical (unpaired) electrons. The number of primary amides is 1. The van der Waals surface area contributed by atoms with Crippen LogP contribution >= 0.6 is 27.5 Å². The van der Waals surface area contributed by atoms with Gasteiger partial charge in [-0.2, -0.15) is 0 Å². The van der Waals surface area contributed by atoms with Crippen LogP contribution in [0.3, 0.4) is 0 Å². The molecule has 1 atom stereocenters. The van der Waals surface area contributed by atoms with E-state index in [1.807, 2.05) is 19.0 Å². The maximum atomic E-state index is 11.5. The minimum Gasteiger partial charge on any atom is -0.368 e. The van der Waals surface area contributed by atoms with Gasteiger partial charge in [-0.25, -0.2) is 0 Å². The number of likely N-dealkylation sites (N-methyl/N-ethyl adjacent to an activating group) is 1. The molecule has 0 aromatic heterocycles. The Bertz CT molecular complexity index is 426. The first-order valence-corrected chi connectivity index (χ1v) is 6.71. The van der Waals surface area contributed by atoms with Gasteiger partial charge in [0.2, 0.25) is 5.91 Å². The highest BCUT2D eigenvalue weighted by Gasteiger charge is 2.19. The number of benzene rings is 1. The molecule has 0 saturated heterocycles. The van der Waals surface area contributed by atoms with Crippen LogP contribution in [0.15, 0.2) is 22.7 Å². The van der Waals surface area contributed by atoms with E-state index < -0.39 is 11.9 Å². The second-order valence-corrected chi connectivity index (χ2v) is 5.55. The van der Waals surface area contributed by atoms with Gasteiger partial charge in [0.05, 0.1) is 0 Å². The standard InChI is InChI=1S/C12H17BrClN3O/c1-17(2)6-5-16-11(12(15)18)9-4-3-8(14)7-10(9)13/h3-4,7,11,16H,5-6H2,1-2H3,(H2,15,18). The van der Waals surface area contributed by atoms with Crippen molar-refractivity contribution in [2.24, 2.45) is 5.73 Å². The van der Waals surface area contributed by atoms with E-state index in [0.29, 0.717) is 11.6 Å². The summed E-state index contributed by atoms with van der Waals surface area (Å²) in [5.74, 6) is -0.406. The number of carbonyl (C=O) groups is 1. The first-order chi connectivity index (χ1) is 8.41. The van der Waals surface area contributed by atoms with Gasteiger partial charge in [-0.1, -0.05) is 33.6 Å². The summed E-state index contributed by atoms with van der Waals surface area (Å²) >= 11 is 9.27. The van der Waals surface area contributed by atoms with E-state index in [0.717, 1.165) is 16.6 Å². The topological polar surface area (TPSA) is 58.4 Å². The Morgan fingerprint density at radius 3 is 2.72 bits per heavy atom. The molecule has 1 unspecified atom stereocenters. The predicted octanol–water partition coefficient (Wildman–Crippen LogP) is 1.78. The van der Waals surface area contributed by atoms with E-state index in [9.17, 15) is 4.79 Å². The van der Waals surface area contributed by atoms with Gasteiger partial charge in [-0.05, 0) is 31.8 Å². The van der Waals surface area contributed by atoms with Crippen LogP contribution in [0.5, 0.6) is 0 Å². The molecule has 18 heavy (non-hydrogen) atoms. The second-order valence-electron chi connectivity index (χ2n) is 4.26. The van der Waals surface area contributed by atoms with Crippen molar-refractivity contribution in [3.05, 3.63) is 33.3 Å². The van der Waals surface area contributed by atoms with Crippen molar-refractivity contribution in [3.63, 3.8) is 0 Å². The van der Waals surface area contributed by atoms with Gasteiger partial charge in [-0.15, -0.1) is 0 Å². The highest BCUT2D eigenvalue weighted by Crippen LogP contribution is 2.26. The Morgan fingerprint density at radius 2 is 2.22 bits per heavy atom. The van der Waals surface area contributed by atoms with Crippen LogP contribution in [0.25, 0.3) is 0 Å². The molecule has 0 aliphatic rings. The van der Waals surface area contributed by atoms with Crippen LogP contribution in [0.4, 0.5) is 0 Å². The summed E-state index contributed by atoms with van der Waals surface area (Å²) < 4.78 is 0.774. The zero-order chi connectivity index (χ0) is 13.7. The molecule has 0 heterocycles. The van der Waals surface area contributed by atoms with Crippen LogP contribution < -0.4 is 11.1 Å². The Kier molecular flexibility index (Phi) is 6.08. The number of nitrogens with one attached hydrogen (secondary N) is 1. The Labute approximate surface area is 121 Å².